The maximum absolute atomic E-state index is 15.8. The molecule has 9 heteroatoms. The summed E-state index contributed by atoms with van der Waals surface area (Å²) < 4.78 is 112. The Labute approximate surface area is 212 Å². The van der Waals surface area contributed by atoms with Crippen molar-refractivity contribution in [3.05, 3.63) is 64.3 Å². The van der Waals surface area contributed by atoms with Crippen LogP contribution < -0.4 is 10.6 Å². The van der Waals surface area contributed by atoms with Crippen LogP contribution in [0.5, 0.6) is 0 Å². The number of anilines is 1. The number of hydrogen-bond donors (Lipinski definition) is 2. The second-order valence-electron chi connectivity index (χ2n) is 7.76. The van der Waals surface area contributed by atoms with Crippen LogP contribution in [0.1, 0.15) is 54.9 Å². The Bertz CT molecular complexity index is 1650. The van der Waals surface area contributed by atoms with Crippen LogP contribution in [-0.4, -0.2) is 59.8 Å². The Hall–Kier alpha value is -3.30. The van der Waals surface area contributed by atoms with E-state index in [4.69, 9.17) is 19.8 Å². The van der Waals surface area contributed by atoms with Crippen LogP contribution in [0.2, 0.25) is 0 Å². The summed E-state index contributed by atoms with van der Waals surface area (Å²) in [6.07, 6.45) is -7.04. The third kappa shape index (κ3) is 4.41. The molecule has 3 aliphatic rings. The van der Waals surface area contributed by atoms with E-state index in [1.54, 1.807) is 5.32 Å². The topological polar surface area (TPSA) is 91.0 Å². The number of rotatable bonds is 6. The molecule has 3 amide bonds. The van der Waals surface area contributed by atoms with Gasteiger partial charge in [0, 0.05) is 72.5 Å². The molecule has 178 valence electrons. The molecule has 2 N–H and O–H groups in total. The summed E-state index contributed by atoms with van der Waals surface area (Å²) in [5.41, 5.74) is -1.67. The van der Waals surface area contributed by atoms with Crippen LogP contribution in [0.25, 0.3) is 0 Å². The molecule has 5 rings (SSSR count). The minimum absolute atomic E-state index is 0.0359. The molecule has 8 nitrogen and oxygen atoms in total. The van der Waals surface area contributed by atoms with Crippen molar-refractivity contribution >= 4 is 23.4 Å². The molecule has 2 saturated heterocycles. The monoisotopic (exact) mass is 477 g/mol. The number of morpholine rings is 1. The molecule has 0 bridgehead atoms. The van der Waals surface area contributed by atoms with E-state index >= 15 is 4.39 Å². The van der Waals surface area contributed by atoms with Gasteiger partial charge in [-0.2, -0.15) is 0 Å². The standard InChI is InChI=1S/C25H27FN4O4/c26-23-16(3-1-4-17(23)14-29-9-11-34-12-10-29)13-27-20-6-2-5-18-19(20)15-30(25(18)33)21-7-8-22(31)28-24(21)32/h1-6,21,27H,7-15H2,(H,28,31,32)/i1D,2D,3D,4D,5D,6D,7D2,8D2,21D. The summed E-state index contributed by atoms with van der Waals surface area (Å²) in [6.45, 7) is 0.250. The number of nitrogens with one attached hydrogen (secondary N) is 2. The second kappa shape index (κ2) is 9.52. The molecule has 2 aromatic rings. The van der Waals surface area contributed by atoms with Crippen molar-refractivity contribution in [2.75, 3.05) is 31.6 Å². The van der Waals surface area contributed by atoms with Gasteiger partial charge in [0.25, 0.3) is 5.91 Å². The predicted octanol–water partition coefficient (Wildman–Crippen LogP) is 2.03. The van der Waals surface area contributed by atoms with Gasteiger partial charge in [0.05, 0.1) is 22.8 Å². The molecule has 0 saturated carbocycles. The van der Waals surface area contributed by atoms with Crippen molar-refractivity contribution in [1.29, 1.82) is 0 Å². The van der Waals surface area contributed by atoms with E-state index in [9.17, 15) is 14.4 Å². The highest BCUT2D eigenvalue weighted by molar-refractivity contribution is 6.06. The number of carbonyl (C=O) groups excluding carboxylic acids is 3. The van der Waals surface area contributed by atoms with Gasteiger partial charge in [-0.15, -0.1) is 0 Å². The highest BCUT2D eigenvalue weighted by atomic mass is 19.1. The first-order valence-electron chi connectivity index (χ1n) is 16.0. The van der Waals surface area contributed by atoms with Crippen LogP contribution >= 0.6 is 0 Å². The molecule has 3 aliphatic heterocycles. The van der Waals surface area contributed by atoms with E-state index in [-0.39, 0.29) is 28.9 Å². The average Bonchev–Trinajstić information content (AvgIpc) is 3.34. The zero-order chi connectivity index (χ0) is 33.4. The second-order valence-corrected chi connectivity index (χ2v) is 7.76. The Morgan fingerprint density at radius 1 is 1.18 bits per heavy atom. The van der Waals surface area contributed by atoms with Gasteiger partial charge >= 0.3 is 0 Å². The SMILES string of the molecule is [2H]c1c([2H])c(CNc2c([2H])c([2H])c([2H])c3c2CN(C2([2H])C(=O)NC(=O)C([2H])([2H])C2([2H])[2H])C3=O)c(F)c(CN2CCOCC2)c1[2H]. The van der Waals surface area contributed by atoms with Crippen LogP contribution in [0, 0.1) is 5.82 Å². The van der Waals surface area contributed by atoms with Crippen LogP contribution in [0.15, 0.2) is 36.3 Å². The molecule has 0 radical (unpaired) electrons. The normalized spacial score (nSPS) is 30.7. The molecule has 0 spiro atoms. The van der Waals surface area contributed by atoms with E-state index in [2.05, 4.69) is 5.32 Å². The molecular weight excluding hydrogens is 439 g/mol. The van der Waals surface area contributed by atoms with Gasteiger partial charge in [0.15, 0.2) is 0 Å². The van der Waals surface area contributed by atoms with E-state index in [1.807, 2.05) is 4.90 Å². The number of amides is 3. The van der Waals surface area contributed by atoms with Crippen molar-refractivity contribution in [2.45, 2.75) is 38.4 Å². The quantitative estimate of drug-likeness (QED) is 0.619. The van der Waals surface area contributed by atoms with E-state index < -0.39 is 97.2 Å². The Balaban J connectivity index is 1.55. The zero-order valence-corrected chi connectivity index (χ0v) is 17.9. The summed E-state index contributed by atoms with van der Waals surface area (Å²) in [6, 6.07) is -7.24. The van der Waals surface area contributed by atoms with Gasteiger partial charge in [0.2, 0.25) is 11.8 Å². The molecule has 3 heterocycles. The van der Waals surface area contributed by atoms with E-state index in [1.165, 1.54) is 0 Å². The summed E-state index contributed by atoms with van der Waals surface area (Å²) in [4.78, 5) is 40.7. The van der Waals surface area contributed by atoms with Crippen molar-refractivity contribution in [1.82, 2.24) is 15.1 Å². The lowest BCUT2D eigenvalue weighted by Crippen LogP contribution is -2.52. The fraction of sp³-hybridized carbons (Fsp3) is 0.400. The highest BCUT2D eigenvalue weighted by Crippen LogP contribution is 2.32. The minimum Gasteiger partial charge on any atom is -0.381 e. The fourth-order valence-electron chi connectivity index (χ4n) is 3.89. The smallest absolute Gasteiger partial charge is 0.255 e. The molecule has 0 aliphatic carbocycles. The van der Waals surface area contributed by atoms with Crippen LogP contribution in [-0.2, 0) is 34.0 Å². The minimum atomic E-state index is -3.59. The summed E-state index contributed by atoms with van der Waals surface area (Å²) in [5, 5.41) is 4.26. The molecule has 2 fully saturated rings. The van der Waals surface area contributed by atoms with Crippen molar-refractivity contribution in [3.63, 3.8) is 0 Å². The Kier molecular flexibility index (Phi) is 3.63. The Morgan fingerprint density at radius 2 is 1.94 bits per heavy atom. The number of benzene rings is 2. The summed E-state index contributed by atoms with van der Waals surface area (Å²) >= 11 is 0. The molecule has 1 unspecified atom stereocenters. The molecule has 0 aromatic heterocycles. The van der Waals surface area contributed by atoms with E-state index in [0.29, 0.717) is 31.2 Å². The van der Waals surface area contributed by atoms with E-state index in [0.717, 1.165) is 0 Å². The molecule has 34 heavy (non-hydrogen) atoms. The zero-order valence-electron chi connectivity index (χ0n) is 28.9. The van der Waals surface area contributed by atoms with Crippen LogP contribution in [0.4, 0.5) is 10.1 Å². The largest absolute Gasteiger partial charge is 0.381 e. The number of imide groups is 1. The number of piperidine rings is 1. The third-order valence-corrected chi connectivity index (χ3v) is 5.64. The van der Waals surface area contributed by atoms with Gasteiger partial charge in [-0.1, -0.05) is 24.2 Å². The summed E-state index contributed by atoms with van der Waals surface area (Å²) in [7, 11) is 0. The highest BCUT2D eigenvalue weighted by Gasteiger charge is 2.39. The van der Waals surface area contributed by atoms with Crippen LogP contribution in [0.3, 0.4) is 0 Å². The van der Waals surface area contributed by atoms with Gasteiger partial charge in [-0.05, 0) is 18.5 Å². The lowest BCUT2D eigenvalue weighted by atomic mass is 10.0. The number of halogens is 1. The van der Waals surface area contributed by atoms with Gasteiger partial charge in [-0.3, -0.25) is 24.6 Å². The van der Waals surface area contributed by atoms with Crippen molar-refractivity contribution in [3.8, 4) is 0 Å². The summed E-state index contributed by atoms with van der Waals surface area (Å²) in [5.74, 6) is -5.55. The first-order chi connectivity index (χ1) is 20.9. The number of carbonyl (C=O) groups is 3. The fourth-order valence-corrected chi connectivity index (χ4v) is 3.89. The average molecular weight is 478 g/mol. The maximum Gasteiger partial charge on any atom is 0.255 e. The first kappa shape index (κ1) is 13.0. The lowest BCUT2D eigenvalue weighted by Gasteiger charge is -2.29. The van der Waals surface area contributed by atoms with Crippen molar-refractivity contribution < 1.29 is 38.6 Å². The third-order valence-electron chi connectivity index (χ3n) is 5.64. The number of fused-ring (bicyclic) bond motifs is 1. The molecule has 1 atom stereocenters. The van der Waals surface area contributed by atoms with Gasteiger partial charge < -0.3 is 15.0 Å². The number of hydrogen-bond acceptors (Lipinski definition) is 6. The Morgan fingerprint density at radius 3 is 2.76 bits per heavy atom. The number of nitrogens with zero attached hydrogens (tertiary/aromatic N) is 2. The van der Waals surface area contributed by atoms with Crippen molar-refractivity contribution in [2.24, 2.45) is 0 Å². The maximum atomic E-state index is 15.8. The molecular formula is C25H27FN4O4. The van der Waals surface area contributed by atoms with Gasteiger partial charge in [0.1, 0.15) is 11.8 Å². The lowest BCUT2D eigenvalue weighted by molar-refractivity contribution is -0.136. The predicted molar refractivity (Wildman–Crippen MR) is 122 cm³/mol. The number of ether oxygens (including phenoxy) is 1. The first-order valence-corrected chi connectivity index (χ1v) is 10.5. The van der Waals surface area contributed by atoms with Gasteiger partial charge in [-0.25, -0.2) is 4.39 Å². The molecule has 2 aromatic carbocycles.